The molecule has 0 bridgehead atoms. The second-order valence-corrected chi connectivity index (χ2v) is 11.8. The fourth-order valence-electron chi connectivity index (χ4n) is 6.43. The molecule has 0 spiro atoms. The lowest BCUT2D eigenvalue weighted by Gasteiger charge is -2.30. The molecule has 2 aliphatic rings. The van der Waals surface area contributed by atoms with Crippen LogP contribution in [-0.2, 0) is 11.2 Å². The number of hydrogen-bond donors (Lipinski definition) is 0. The van der Waals surface area contributed by atoms with E-state index in [9.17, 15) is 4.39 Å². The minimum absolute atomic E-state index is 0.0761. The van der Waals surface area contributed by atoms with E-state index in [1.807, 2.05) is 24.3 Å². The van der Waals surface area contributed by atoms with Crippen LogP contribution in [0.2, 0.25) is 0 Å². The highest BCUT2D eigenvalue weighted by Gasteiger charge is 2.28. The molecule has 0 N–H and O–H groups in total. The van der Waals surface area contributed by atoms with E-state index in [0.717, 1.165) is 95.6 Å². The number of rotatable bonds is 13. The first-order chi connectivity index (χ1) is 19.0. The van der Waals surface area contributed by atoms with Gasteiger partial charge in [0.25, 0.3) is 0 Å². The van der Waals surface area contributed by atoms with E-state index in [1.165, 1.54) is 6.07 Å². The van der Waals surface area contributed by atoms with Crippen molar-refractivity contribution in [2.24, 2.45) is 5.92 Å². The van der Waals surface area contributed by atoms with Crippen LogP contribution in [0.3, 0.4) is 0 Å². The fourth-order valence-corrected chi connectivity index (χ4v) is 6.43. The van der Waals surface area contributed by atoms with Gasteiger partial charge in [0.2, 0.25) is 0 Å². The van der Waals surface area contributed by atoms with Gasteiger partial charge in [0.15, 0.2) is 11.6 Å². The molecule has 4 rings (SSSR count). The van der Waals surface area contributed by atoms with Gasteiger partial charge in [-0.1, -0.05) is 44.9 Å². The van der Waals surface area contributed by atoms with E-state index >= 15 is 8.78 Å². The number of halogens is 3. The van der Waals surface area contributed by atoms with Gasteiger partial charge < -0.3 is 9.47 Å². The first-order valence-electron chi connectivity index (χ1n) is 15.5. The van der Waals surface area contributed by atoms with Crippen LogP contribution in [0.15, 0.2) is 30.3 Å². The lowest BCUT2D eigenvalue weighted by Crippen LogP contribution is -2.22. The average Bonchev–Trinajstić information content (AvgIpc) is 2.95. The van der Waals surface area contributed by atoms with Crippen LogP contribution in [-0.4, -0.2) is 19.3 Å². The molecule has 0 saturated heterocycles. The summed E-state index contributed by atoms with van der Waals surface area (Å²) in [6.07, 6.45) is 13.2. The van der Waals surface area contributed by atoms with Gasteiger partial charge in [-0.05, 0) is 118 Å². The maximum Gasteiger partial charge on any atom is 0.162 e. The third-order valence-electron chi connectivity index (χ3n) is 9.00. The molecule has 216 valence electrons. The van der Waals surface area contributed by atoms with Gasteiger partial charge in [0, 0.05) is 12.7 Å². The summed E-state index contributed by atoms with van der Waals surface area (Å²) in [7, 11) is 0. The van der Waals surface area contributed by atoms with E-state index in [-0.39, 0.29) is 23.8 Å². The summed E-state index contributed by atoms with van der Waals surface area (Å²) in [4.78, 5) is 0. The lowest BCUT2D eigenvalue weighted by molar-refractivity contribution is 0.0230. The summed E-state index contributed by atoms with van der Waals surface area (Å²) in [6, 6.07) is 8.92. The van der Waals surface area contributed by atoms with Gasteiger partial charge in [0.1, 0.15) is 11.6 Å². The zero-order valence-corrected chi connectivity index (χ0v) is 24.0. The van der Waals surface area contributed by atoms with E-state index in [1.54, 1.807) is 0 Å². The zero-order chi connectivity index (χ0) is 27.6. The molecule has 2 aromatic rings. The summed E-state index contributed by atoms with van der Waals surface area (Å²) in [5.41, 5.74) is 1.80. The van der Waals surface area contributed by atoms with Crippen LogP contribution in [0.1, 0.15) is 126 Å². The summed E-state index contributed by atoms with van der Waals surface area (Å²) >= 11 is 0. The Morgan fingerprint density at radius 2 is 1.36 bits per heavy atom. The Morgan fingerprint density at radius 1 is 0.718 bits per heavy atom. The van der Waals surface area contributed by atoms with Crippen LogP contribution in [0, 0.1) is 23.4 Å². The van der Waals surface area contributed by atoms with Crippen LogP contribution >= 0.6 is 0 Å². The Balaban J connectivity index is 1.24. The largest absolute Gasteiger partial charge is 0.493 e. The van der Waals surface area contributed by atoms with Gasteiger partial charge >= 0.3 is 0 Å². The van der Waals surface area contributed by atoms with E-state index in [4.69, 9.17) is 9.47 Å². The van der Waals surface area contributed by atoms with Crippen molar-refractivity contribution in [1.82, 2.24) is 0 Å². The third kappa shape index (κ3) is 8.25. The molecule has 0 radical (unpaired) electrons. The van der Waals surface area contributed by atoms with Crippen LogP contribution < -0.4 is 4.74 Å². The number of unbranched alkanes of at least 4 members (excludes halogenated alkanes) is 2. The monoisotopic (exact) mass is 544 g/mol. The summed E-state index contributed by atoms with van der Waals surface area (Å²) in [6.45, 7) is 5.67. The quantitative estimate of drug-likeness (QED) is 0.234. The Labute approximate surface area is 233 Å². The normalized spacial score (nSPS) is 23.6. The molecule has 0 aromatic heterocycles. The highest BCUT2D eigenvalue weighted by Crippen LogP contribution is 2.40. The van der Waals surface area contributed by atoms with Gasteiger partial charge in [-0.25, -0.2) is 13.2 Å². The predicted molar refractivity (Wildman–Crippen MR) is 152 cm³/mol. The molecule has 2 aliphatic carbocycles. The van der Waals surface area contributed by atoms with Gasteiger partial charge in [-0.2, -0.15) is 0 Å². The Morgan fingerprint density at radius 3 is 2.05 bits per heavy atom. The Bertz CT molecular complexity index is 1020. The molecule has 0 atom stereocenters. The minimum atomic E-state index is -0.661. The van der Waals surface area contributed by atoms with E-state index in [0.29, 0.717) is 35.8 Å². The maximum absolute atomic E-state index is 15.1. The second-order valence-electron chi connectivity index (χ2n) is 11.8. The van der Waals surface area contributed by atoms with Crippen LogP contribution in [0.25, 0.3) is 0 Å². The van der Waals surface area contributed by atoms with Crippen LogP contribution in [0.5, 0.6) is 5.75 Å². The van der Waals surface area contributed by atoms with Gasteiger partial charge in [-0.3, -0.25) is 0 Å². The van der Waals surface area contributed by atoms with Crippen molar-refractivity contribution < 1.29 is 22.6 Å². The van der Waals surface area contributed by atoms with E-state index in [2.05, 4.69) is 13.8 Å². The molecule has 2 saturated carbocycles. The zero-order valence-electron chi connectivity index (χ0n) is 24.0. The summed E-state index contributed by atoms with van der Waals surface area (Å²) in [5, 5.41) is 0. The second kappa shape index (κ2) is 15.1. The molecule has 39 heavy (non-hydrogen) atoms. The number of ether oxygens (including phenoxy) is 2. The minimum Gasteiger partial charge on any atom is -0.493 e. The first-order valence-corrected chi connectivity index (χ1v) is 15.5. The molecule has 2 fully saturated rings. The Kier molecular flexibility index (Phi) is 11.6. The van der Waals surface area contributed by atoms with Crippen molar-refractivity contribution in [1.29, 1.82) is 0 Å². The summed E-state index contributed by atoms with van der Waals surface area (Å²) in [5.74, 6) is -0.134. The molecule has 0 unspecified atom stereocenters. The standard InChI is InChI=1S/C34H47F3O2/c1-3-5-21-38-28-16-13-26(14-17-28)31-19-15-27(33(36)34(31)37)12-9-24-7-10-25(11-8-24)30-20-18-29(23-32(30)35)39-22-6-4-2/h15,18-20,23-26,28H,3-14,16-17,21-22H2,1-2H3. The molecule has 5 heteroatoms. The van der Waals surface area contributed by atoms with Crippen molar-refractivity contribution in [2.45, 2.75) is 122 Å². The molecule has 2 nitrogen and oxygen atoms in total. The highest BCUT2D eigenvalue weighted by molar-refractivity contribution is 5.32. The number of hydrogen-bond acceptors (Lipinski definition) is 2. The average molecular weight is 545 g/mol. The third-order valence-corrected chi connectivity index (χ3v) is 9.00. The molecule has 0 amide bonds. The lowest BCUT2D eigenvalue weighted by atomic mass is 9.76. The topological polar surface area (TPSA) is 18.5 Å². The first kappa shape index (κ1) is 30.0. The fraction of sp³-hybridized carbons (Fsp3) is 0.647. The maximum atomic E-state index is 15.1. The van der Waals surface area contributed by atoms with Crippen molar-refractivity contribution in [3.8, 4) is 5.75 Å². The van der Waals surface area contributed by atoms with Gasteiger partial charge in [-0.15, -0.1) is 0 Å². The molecular formula is C34H47F3O2. The highest BCUT2D eigenvalue weighted by atomic mass is 19.2. The molecule has 0 aliphatic heterocycles. The van der Waals surface area contributed by atoms with Crippen molar-refractivity contribution >= 4 is 0 Å². The molecular weight excluding hydrogens is 497 g/mol. The van der Waals surface area contributed by atoms with Crippen molar-refractivity contribution in [2.75, 3.05) is 13.2 Å². The molecule has 2 aromatic carbocycles. The SMILES string of the molecule is CCCCOc1ccc(C2CCC(CCc3ccc(C4CCC(OCCCC)CC4)c(F)c3F)CC2)c(F)c1. The van der Waals surface area contributed by atoms with Gasteiger partial charge in [0.05, 0.1) is 12.7 Å². The summed E-state index contributed by atoms with van der Waals surface area (Å²) < 4.78 is 56.5. The van der Waals surface area contributed by atoms with Crippen LogP contribution in [0.4, 0.5) is 13.2 Å². The molecule has 0 heterocycles. The Hall–Kier alpha value is -2.01. The predicted octanol–water partition coefficient (Wildman–Crippen LogP) is 10.0. The van der Waals surface area contributed by atoms with Crippen molar-refractivity contribution in [3.05, 3.63) is 64.5 Å². The van der Waals surface area contributed by atoms with Crippen molar-refractivity contribution in [3.63, 3.8) is 0 Å². The number of aryl methyl sites for hydroxylation is 1. The van der Waals surface area contributed by atoms with E-state index < -0.39 is 11.6 Å². The smallest absolute Gasteiger partial charge is 0.162 e. The number of benzene rings is 2.